The fraction of sp³-hybridized carbons (Fsp3) is 0.381. The molecule has 0 radical (unpaired) electrons. The second-order valence-corrected chi connectivity index (χ2v) is 7.43. The summed E-state index contributed by atoms with van der Waals surface area (Å²) in [5, 5.41) is 11.5. The van der Waals surface area contributed by atoms with Gasteiger partial charge in [-0.25, -0.2) is 4.98 Å². The molecule has 1 aliphatic carbocycles. The zero-order valence-corrected chi connectivity index (χ0v) is 16.3. The summed E-state index contributed by atoms with van der Waals surface area (Å²) < 4.78 is 43.3. The smallest absolute Gasteiger partial charge is 0.367 e. The number of hydrogen-bond acceptors (Lipinski definition) is 5. The molecule has 0 bridgehead atoms. The van der Waals surface area contributed by atoms with Crippen LogP contribution in [0, 0.1) is 5.92 Å². The number of fused-ring (bicyclic) bond motifs is 1. The van der Waals surface area contributed by atoms with Crippen molar-refractivity contribution in [1.82, 2.24) is 14.5 Å². The van der Waals surface area contributed by atoms with Crippen molar-refractivity contribution < 1.29 is 18.3 Å². The molecule has 3 atom stereocenters. The minimum atomic E-state index is -4.61. The van der Waals surface area contributed by atoms with Crippen molar-refractivity contribution >= 4 is 5.95 Å². The Morgan fingerprint density at radius 1 is 1.27 bits per heavy atom. The third-order valence-corrected chi connectivity index (χ3v) is 5.66. The predicted octanol–water partition coefficient (Wildman–Crippen LogP) is 3.29. The first-order valence-corrected chi connectivity index (χ1v) is 9.72. The predicted molar refractivity (Wildman–Crippen MR) is 106 cm³/mol. The van der Waals surface area contributed by atoms with E-state index in [0.717, 1.165) is 4.90 Å². The molecule has 1 aliphatic heterocycles. The molecule has 2 aromatic rings. The molecule has 2 unspecified atom stereocenters. The van der Waals surface area contributed by atoms with Crippen molar-refractivity contribution in [3.05, 3.63) is 65.3 Å². The lowest BCUT2D eigenvalue weighted by atomic mass is 9.86. The number of alkyl halides is 3. The largest absolute Gasteiger partial charge is 0.409 e. The van der Waals surface area contributed by atoms with E-state index < -0.39 is 29.4 Å². The molecule has 158 valence electrons. The van der Waals surface area contributed by atoms with Crippen LogP contribution >= 0.6 is 0 Å². The van der Waals surface area contributed by atoms with E-state index in [4.69, 9.17) is 0 Å². The molecular weight excluding hydrogens is 397 g/mol. The van der Waals surface area contributed by atoms with E-state index in [-0.39, 0.29) is 24.6 Å². The zero-order chi connectivity index (χ0) is 21.5. The van der Waals surface area contributed by atoms with Crippen LogP contribution in [0.3, 0.4) is 0 Å². The number of aliphatic hydroxyl groups is 1. The van der Waals surface area contributed by atoms with Crippen molar-refractivity contribution in [2.45, 2.75) is 44.3 Å². The number of anilines is 1. The number of nitrogens with zero attached hydrogens (tertiary/aromatic N) is 4. The van der Waals surface area contributed by atoms with E-state index in [2.05, 4.69) is 9.97 Å². The summed E-state index contributed by atoms with van der Waals surface area (Å²) in [4.78, 5) is 22.0. The standard InChI is InChI=1S/C21H21F3N4O2/c1-2-15-5-3-4-9-20(15,30)28-17(21(22,23)24)8-12-27-18(29)13-16(26-19(27)28)14-6-10-25-11-7-14/h3-7,9-11,13,15,17,30H,2,8,12H2,1H3/t15?,17?,20-/m0/s1. The molecule has 0 saturated heterocycles. The van der Waals surface area contributed by atoms with Crippen molar-refractivity contribution in [2.24, 2.45) is 5.92 Å². The Bertz CT molecular complexity index is 1050. The van der Waals surface area contributed by atoms with Crippen LogP contribution in [0.1, 0.15) is 19.8 Å². The Balaban J connectivity index is 1.95. The van der Waals surface area contributed by atoms with Gasteiger partial charge in [0.2, 0.25) is 5.95 Å². The number of allylic oxidation sites excluding steroid dienone is 2. The fourth-order valence-corrected chi connectivity index (χ4v) is 4.15. The molecule has 2 aromatic heterocycles. The van der Waals surface area contributed by atoms with E-state index in [1.165, 1.54) is 35.2 Å². The fourth-order valence-electron chi connectivity index (χ4n) is 4.15. The van der Waals surface area contributed by atoms with Gasteiger partial charge in [-0.15, -0.1) is 0 Å². The second-order valence-electron chi connectivity index (χ2n) is 7.43. The van der Waals surface area contributed by atoms with Gasteiger partial charge in [0.25, 0.3) is 5.56 Å². The van der Waals surface area contributed by atoms with E-state index in [0.29, 0.717) is 12.0 Å². The molecule has 0 aromatic carbocycles. The van der Waals surface area contributed by atoms with Gasteiger partial charge in [0.05, 0.1) is 5.69 Å². The first kappa shape index (κ1) is 20.3. The monoisotopic (exact) mass is 418 g/mol. The average molecular weight is 418 g/mol. The lowest BCUT2D eigenvalue weighted by Gasteiger charge is -2.50. The lowest BCUT2D eigenvalue weighted by Crippen LogP contribution is -2.64. The second kappa shape index (κ2) is 7.39. The van der Waals surface area contributed by atoms with Crippen LogP contribution < -0.4 is 10.5 Å². The summed E-state index contributed by atoms with van der Waals surface area (Å²) in [6, 6.07) is 2.57. The van der Waals surface area contributed by atoms with Crippen LogP contribution in [0.2, 0.25) is 0 Å². The van der Waals surface area contributed by atoms with Crippen LogP contribution in [0.4, 0.5) is 19.1 Å². The van der Waals surface area contributed by atoms with Crippen molar-refractivity contribution in [3.63, 3.8) is 0 Å². The summed E-state index contributed by atoms with van der Waals surface area (Å²) in [6.45, 7) is 1.66. The molecule has 0 spiro atoms. The van der Waals surface area contributed by atoms with Gasteiger partial charge in [0.1, 0.15) is 6.04 Å². The van der Waals surface area contributed by atoms with Gasteiger partial charge in [0, 0.05) is 36.5 Å². The van der Waals surface area contributed by atoms with Crippen LogP contribution in [0.15, 0.2) is 59.7 Å². The van der Waals surface area contributed by atoms with Crippen molar-refractivity contribution in [1.29, 1.82) is 0 Å². The van der Waals surface area contributed by atoms with Crippen LogP contribution in [-0.2, 0) is 6.54 Å². The lowest BCUT2D eigenvalue weighted by molar-refractivity contribution is -0.164. The highest BCUT2D eigenvalue weighted by Gasteiger charge is 2.55. The molecule has 0 amide bonds. The molecule has 0 saturated carbocycles. The van der Waals surface area contributed by atoms with E-state index >= 15 is 0 Å². The number of aromatic nitrogens is 3. The normalized spacial score (nSPS) is 26.0. The first-order valence-electron chi connectivity index (χ1n) is 9.72. The van der Waals surface area contributed by atoms with Crippen LogP contribution in [0.25, 0.3) is 11.3 Å². The number of pyridine rings is 1. The number of halogens is 3. The van der Waals surface area contributed by atoms with Gasteiger partial charge in [-0.2, -0.15) is 13.2 Å². The van der Waals surface area contributed by atoms with Gasteiger partial charge in [-0.1, -0.05) is 25.2 Å². The molecule has 1 N–H and O–H groups in total. The Hall–Kier alpha value is -2.94. The number of rotatable bonds is 3. The molecule has 4 rings (SSSR count). The summed E-state index contributed by atoms with van der Waals surface area (Å²) in [6.07, 6.45) is 4.71. The van der Waals surface area contributed by atoms with Gasteiger partial charge < -0.3 is 5.11 Å². The summed E-state index contributed by atoms with van der Waals surface area (Å²) in [5.74, 6) is -0.788. The van der Waals surface area contributed by atoms with Gasteiger partial charge in [0.15, 0.2) is 5.72 Å². The SMILES string of the molecule is CCC1C=CC=C[C@@]1(O)N1c2nc(-c3ccncc3)cc(=O)n2CCC1C(F)(F)F. The maximum Gasteiger partial charge on any atom is 0.409 e. The highest BCUT2D eigenvalue weighted by atomic mass is 19.4. The topological polar surface area (TPSA) is 71.2 Å². The Kier molecular flexibility index (Phi) is 5.01. The quantitative estimate of drug-likeness (QED) is 0.828. The zero-order valence-electron chi connectivity index (χ0n) is 16.3. The molecule has 2 aliphatic rings. The Morgan fingerprint density at radius 3 is 2.67 bits per heavy atom. The summed E-state index contributed by atoms with van der Waals surface area (Å²) in [5.41, 5.74) is -1.65. The minimum Gasteiger partial charge on any atom is -0.367 e. The van der Waals surface area contributed by atoms with Crippen LogP contribution in [-0.4, -0.2) is 37.6 Å². The third kappa shape index (κ3) is 3.32. The van der Waals surface area contributed by atoms with Gasteiger partial charge >= 0.3 is 6.18 Å². The van der Waals surface area contributed by atoms with E-state index in [1.807, 2.05) is 0 Å². The number of hydrogen-bond donors (Lipinski definition) is 1. The van der Waals surface area contributed by atoms with Crippen LogP contribution in [0.5, 0.6) is 0 Å². The maximum absolute atomic E-state index is 14.0. The first-order chi connectivity index (χ1) is 14.3. The minimum absolute atomic E-state index is 0.134. The molecule has 6 nitrogen and oxygen atoms in total. The average Bonchev–Trinajstić information content (AvgIpc) is 2.73. The van der Waals surface area contributed by atoms with Gasteiger partial charge in [-0.3, -0.25) is 19.2 Å². The van der Waals surface area contributed by atoms with Gasteiger partial charge in [-0.05, 0) is 31.1 Å². The third-order valence-electron chi connectivity index (χ3n) is 5.66. The summed E-state index contributed by atoms with van der Waals surface area (Å²) >= 11 is 0. The maximum atomic E-state index is 14.0. The molecule has 30 heavy (non-hydrogen) atoms. The molecular formula is C21H21F3N4O2. The van der Waals surface area contributed by atoms with E-state index in [1.54, 1.807) is 31.2 Å². The Morgan fingerprint density at radius 2 is 2.00 bits per heavy atom. The molecule has 0 fully saturated rings. The molecule has 3 heterocycles. The van der Waals surface area contributed by atoms with Crippen molar-refractivity contribution in [3.8, 4) is 11.3 Å². The van der Waals surface area contributed by atoms with E-state index in [9.17, 15) is 23.1 Å². The Labute approximate surface area is 171 Å². The molecule has 9 heteroatoms. The highest BCUT2D eigenvalue weighted by molar-refractivity contribution is 5.60. The highest BCUT2D eigenvalue weighted by Crippen LogP contribution is 2.42. The van der Waals surface area contributed by atoms with Crippen molar-refractivity contribution in [2.75, 3.05) is 4.90 Å². The summed E-state index contributed by atoms with van der Waals surface area (Å²) in [7, 11) is 0.